The van der Waals surface area contributed by atoms with Crippen molar-refractivity contribution >= 4 is 5.69 Å². The summed E-state index contributed by atoms with van der Waals surface area (Å²) in [6.45, 7) is 2.18. The molecule has 0 saturated heterocycles. The summed E-state index contributed by atoms with van der Waals surface area (Å²) in [5.41, 5.74) is 7.15. The lowest BCUT2D eigenvalue weighted by Crippen LogP contribution is -1.98. The Morgan fingerprint density at radius 3 is 2.84 bits per heavy atom. The SMILES string of the molecule is Cc1ccc([N+](=O)[O-])cc1Oc1cncc(CN)c1. The normalized spacial score (nSPS) is 10.2. The quantitative estimate of drug-likeness (QED) is 0.673. The highest BCUT2D eigenvalue weighted by Crippen LogP contribution is 2.28. The van der Waals surface area contributed by atoms with Crippen LogP contribution >= 0.6 is 0 Å². The van der Waals surface area contributed by atoms with Gasteiger partial charge in [0.25, 0.3) is 5.69 Å². The number of nitro benzene ring substituents is 1. The number of rotatable bonds is 4. The molecule has 2 rings (SSSR count). The van der Waals surface area contributed by atoms with Gasteiger partial charge in [-0.05, 0) is 30.2 Å². The molecule has 0 fully saturated rings. The summed E-state index contributed by atoms with van der Waals surface area (Å²) >= 11 is 0. The molecule has 2 aromatic rings. The minimum Gasteiger partial charge on any atom is -0.455 e. The van der Waals surface area contributed by atoms with Crippen LogP contribution in [0.1, 0.15) is 11.1 Å². The molecule has 0 aliphatic rings. The number of pyridine rings is 1. The number of hydrogen-bond acceptors (Lipinski definition) is 5. The predicted octanol–water partition coefficient (Wildman–Crippen LogP) is 2.55. The van der Waals surface area contributed by atoms with E-state index in [0.717, 1.165) is 11.1 Å². The fraction of sp³-hybridized carbons (Fsp3) is 0.154. The van der Waals surface area contributed by atoms with E-state index in [4.69, 9.17) is 10.5 Å². The minimum atomic E-state index is -0.457. The molecule has 0 saturated carbocycles. The third kappa shape index (κ3) is 3.05. The van der Waals surface area contributed by atoms with Gasteiger partial charge in [0.2, 0.25) is 0 Å². The van der Waals surface area contributed by atoms with Crippen molar-refractivity contribution in [1.29, 1.82) is 0 Å². The second-order valence-electron chi connectivity index (χ2n) is 4.04. The van der Waals surface area contributed by atoms with E-state index >= 15 is 0 Å². The van der Waals surface area contributed by atoms with Crippen LogP contribution in [0.3, 0.4) is 0 Å². The molecule has 0 aliphatic heterocycles. The van der Waals surface area contributed by atoms with E-state index in [9.17, 15) is 10.1 Å². The number of benzene rings is 1. The molecule has 19 heavy (non-hydrogen) atoms. The van der Waals surface area contributed by atoms with Crippen molar-refractivity contribution in [3.8, 4) is 11.5 Å². The Morgan fingerprint density at radius 2 is 2.16 bits per heavy atom. The first-order chi connectivity index (χ1) is 9.10. The molecule has 98 valence electrons. The van der Waals surface area contributed by atoms with Crippen LogP contribution in [0.4, 0.5) is 5.69 Å². The van der Waals surface area contributed by atoms with Gasteiger partial charge in [0.05, 0.1) is 17.2 Å². The molecule has 0 aliphatic carbocycles. The van der Waals surface area contributed by atoms with Gasteiger partial charge in [-0.1, -0.05) is 0 Å². The van der Waals surface area contributed by atoms with Gasteiger partial charge in [0, 0.05) is 18.8 Å². The molecule has 6 heteroatoms. The Balaban J connectivity index is 2.31. The fourth-order valence-electron chi connectivity index (χ4n) is 1.57. The van der Waals surface area contributed by atoms with E-state index in [1.807, 2.05) is 6.92 Å². The number of aromatic nitrogens is 1. The van der Waals surface area contributed by atoms with Gasteiger partial charge in [0.15, 0.2) is 0 Å². The number of nitrogens with two attached hydrogens (primary N) is 1. The van der Waals surface area contributed by atoms with Crippen molar-refractivity contribution in [1.82, 2.24) is 4.98 Å². The lowest BCUT2D eigenvalue weighted by molar-refractivity contribution is -0.384. The molecule has 0 radical (unpaired) electrons. The summed E-state index contributed by atoms with van der Waals surface area (Å²) in [7, 11) is 0. The van der Waals surface area contributed by atoms with Crippen molar-refractivity contribution in [2.45, 2.75) is 13.5 Å². The lowest BCUT2D eigenvalue weighted by atomic mass is 10.2. The lowest BCUT2D eigenvalue weighted by Gasteiger charge is -2.08. The van der Waals surface area contributed by atoms with Crippen LogP contribution in [0.25, 0.3) is 0 Å². The Bertz CT molecular complexity index is 614. The average molecular weight is 259 g/mol. The van der Waals surface area contributed by atoms with Crippen LogP contribution in [0.2, 0.25) is 0 Å². The van der Waals surface area contributed by atoms with Crippen molar-refractivity contribution in [2.75, 3.05) is 0 Å². The molecule has 1 aromatic carbocycles. The summed E-state index contributed by atoms with van der Waals surface area (Å²) in [4.78, 5) is 14.3. The summed E-state index contributed by atoms with van der Waals surface area (Å²) < 4.78 is 5.62. The van der Waals surface area contributed by atoms with Crippen molar-refractivity contribution in [2.24, 2.45) is 5.73 Å². The highest BCUT2D eigenvalue weighted by atomic mass is 16.6. The fourth-order valence-corrected chi connectivity index (χ4v) is 1.57. The Kier molecular flexibility index (Phi) is 3.72. The zero-order valence-electron chi connectivity index (χ0n) is 10.4. The molecule has 0 bridgehead atoms. The number of nitrogens with zero attached hydrogens (tertiary/aromatic N) is 2. The molecular formula is C13H13N3O3. The molecule has 0 atom stereocenters. The van der Waals surface area contributed by atoms with Crippen LogP contribution in [-0.2, 0) is 6.54 Å². The number of non-ortho nitro benzene ring substituents is 1. The van der Waals surface area contributed by atoms with Crippen LogP contribution < -0.4 is 10.5 Å². The molecule has 0 spiro atoms. The maximum atomic E-state index is 10.7. The smallest absolute Gasteiger partial charge is 0.273 e. The third-order valence-electron chi connectivity index (χ3n) is 2.62. The monoisotopic (exact) mass is 259 g/mol. The molecule has 6 nitrogen and oxygen atoms in total. The van der Waals surface area contributed by atoms with Gasteiger partial charge >= 0.3 is 0 Å². The minimum absolute atomic E-state index is 0.0106. The number of aryl methyl sites for hydroxylation is 1. The van der Waals surface area contributed by atoms with Crippen LogP contribution in [0.5, 0.6) is 11.5 Å². The first-order valence-corrected chi connectivity index (χ1v) is 5.67. The zero-order chi connectivity index (χ0) is 13.8. The van der Waals surface area contributed by atoms with E-state index in [-0.39, 0.29) is 5.69 Å². The van der Waals surface area contributed by atoms with Crippen LogP contribution in [0.15, 0.2) is 36.7 Å². The van der Waals surface area contributed by atoms with E-state index in [1.165, 1.54) is 18.3 Å². The van der Waals surface area contributed by atoms with Crippen LogP contribution in [0, 0.1) is 17.0 Å². The van der Waals surface area contributed by atoms with Gasteiger partial charge in [-0.25, -0.2) is 0 Å². The van der Waals surface area contributed by atoms with Gasteiger partial charge in [-0.15, -0.1) is 0 Å². The maximum absolute atomic E-state index is 10.7. The van der Waals surface area contributed by atoms with Crippen molar-refractivity contribution in [3.05, 3.63) is 57.9 Å². The summed E-state index contributed by atoms with van der Waals surface area (Å²) in [6, 6.07) is 6.24. The summed E-state index contributed by atoms with van der Waals surface area (Å²) in [5, 5.41) is 10.7. The van der Waals surface area contributed by atoms with Gasteiger partial charge in [-0.2, -0.15) is 0 Å². The Labute approximate surface area is 110 Å². The Morgan fingerprint density at radius 1 is 1.37 bits per heavy atom. The van der Waals surface area contributed by atoms with Gasteiger partial charge in [-0.3, -0.25) is 15.1 Å². The molecule has 1 heterocycles. The topological polar surface area (TPSA) is 91.3 Å². The number of nitro groups is 1. The standard InChI is InChI=1S/C13H13N3O3/c1-9-2-3-11(16(17)18)5-13(9)19-12-4-10(6-14)7-15-8-12/h2-5,7-8H,6,14H2,1H3. The zero-order valence-corrected chi connectivity index (χ0v) is 10.4. The van der Waals surface area contributed by atoms with Crippen molar-refractivity contribution < 1.29 is 9.66 Å². The second kappa shape index (κ2) is 5.45. The van der Waals surface area contributed by atoms with E-state index in [2.05, 4.69) is 4.98 Å². The van der Waals surface area contributed by atoms with E-state index in [1.54, 1.807) is 18.3 Å². The maximum Gasteiger partial charge on any atom is 0.273 e. The highest BCUT2D eigenvalue weighted by molar-refractivity contribution is 5.45. The largest absolute Gasteiger partial charge is 0.455 e. The molecule has 2 N–H and O–H groups in total. The molecule has 0 amide bonds. The second-order valence-corrected chi connectivity index (χ2v) is 4.04. The predicted molar refractivity (Wildman–Crippen MR) is 70.0 cm³/mol. The first-order valence-electron chi connectivity index (χ1n) is 5.67. The third-order valence-corrected chi connectivity index (χ3v) is 2.62. The number of hydrogen-bond donors (Lipinski definition) is 1. The number of ether oxygens (including phenoxy) is 1. The molecule has 1 aromatic heterocycles. The summed E-state index contributed by atoms with van der Waals surface area (Å²) in [6.07, 6.45) is 3.19. The summed E-state index contributed by atoms with van der Waals surface area (Å²) in [5.74, 6) is 0.941. The van der Waals surface area contributed by atoms with E-state index < -0.39 is 4.92 Å². The first kappa shape index (κ1) is 13.0. The van der Waals surface area contributed by atoms with Gasteiger partial charge < -0.3 is 10.5 Å². The Hall–Kier alpha value is -2.47. The average Bonchev–Trinajstić information content (AvgIpc) is 2.41. The molecule has 0 unspecified atom stereocenters. The van der Waals surface area contributed by atoms with Crippen LogP contribution in [-0.4, -0.2) is 9.91 Å². The van der Waals surface area contributed by atoms with Crippen molar-refractivity contribution in [3.63, 3.8) is 0 Å². The van der Waals surface area contributed by atoms with Gasteiger partial charge in [0.1, 0.15) is 11.5 Å². The highest BCUT2D eigenvalue weighted by Gasteiger charge is 2.10. The van der Waals surface area contributed by atoms with E-state index in [0.29, 0.717) is 18.0 Å². The molecular weight excluding hydrogens is 246 g/mol.